The van der Waals surface area contributed by atoms with Gasteiger partial charge in [0.2, 0.25) is 0 Å². The van der Waals surface area contributed by atoms with Gasteiger partial charge in [-0.05, 0) is 50.5 Å². The molecule has 2 N–H and O–H groups in total. The summed E-state index contributed by atoms with van der Waals surface area (Å²) in [6.07, 6.45) is 21.4. The van der Waals surface area contributed by atoms with Crippen molar-refractivity contribution in [3.05, 3.63) is 24.3 Å². The van der Waals surface area contributed by atoms with Crippen LogP contribution in [0.5, 0.6) is 0 Å². The molecular formula is C24H36O5. The van der Waals surface area contributed by atoms with Crippen LogP contribution in [0.25, 0.3) is 0 Å². The molecule has 0 unspecified atom stereocenters. The van der Waals surface area contributed by atoms with E-state index < -0.39 is 17.4 Å². The molecule has 162 valence electrons. The molecular weight excluding hydrogens is 368 g/mol. The Morgan fingerprint density at radius 3 is 2.69 bits per heavy atom. The third kappa shape index (κ3) is 6.99. The molecule has 29 heavy (non-hydrogen) atoms. The third-order valence-corrected chi connectivity index (χ3v) is 6.03. The van der Waals surface area contributed by atoms with Gasteiger partial charge in [0.05, 0.1) is 13.2 Å². The van der Waals surface area contributed by atoms with Gasteiger partial charge >= 0.3 is 5.97 Å². The van der Waals surface area contributed by atoms with E-state index in [4.69, 9.17) is 21.0 Å². The zero-order valence-electron chi connectivity index (χ0n) is 17.6. The highest BCUT2D eigenvalue weighted by Gasteiger charge is 2.51. The van der Waals surface area contributed by atoms with Crippen molar-refractivity contribution in [3.63, 3.8) is 0 Å². The van der Waals surface area contributed by atoms with Crippen molar-refractivity contribution in [1.82, 2.24) is 0 Å². The van der Waals surface area contributed by atoms with Crippen LogP contribution in [-0.4, -0.2) is 40.8 Å². The SMILES string of the molecule is C#C[C@@](O)(C=C[C@@H]1CCC2(OCCO2)[C@H]1CC=CCCCC(=O)O)CCCCC. The topological polar surface area (TPSA) is 76.0 Å². The summed E-state index contributed by atoms with van der Waals surface area (Å²) in [5, 5.41) is 19.5. The fraction of sp³-hybridized carbons (Fsp3) is 0.708. The van der Waals surface area contributed by atoms with Crippen LogP contribution in [0.1, 0.15) is 71.1 Å². The molecule has 2 rings (SSSR count). The molecule has 0 amide bonds. The maximum atomic E-state index is 10.7. The molecule has 1 saturated heterocycles. The molecule has 0 aromatic heterocycles. The van der Waals surface area contributed by atoms with Crippen molar-refractivity contribution in [2.45, 2.75) is 82.5 Å². The van der Waals surface area contributed by atoms with Crippen LogP contribution in [0, 0.1) is 24.2 Å². The third-order valence-electron chi connectivity index (χ3n) is 6.03. The molecule has 5 nitrogen and oxygen atoms in total. The molecule has 1 spiro atoms. The number of ether oxygens (including phenoxy) is 2. The monoisotopic (exact) mass is 404 g/mol. The Morgan fingerprint density at radius 2 is 2.03 bits per heavy atom. The van der Waals surface area contributed by atoms with Crippen molar-refractivity contribution in [3.8, 4) is 12.3 Å². The van der Waals surface area contributed by atoms with Gasteiger partial charge < -0.3 is 19.7 Å². The van der Waals surface area contributed by atoms with E-state index in [9.17, 15) is 9.90 Å². The predicted octanol–water partition coefficient (Wildman–Crippen LogP) is 4.46. The van der Waals surface area contributed by atoms with Crippen molar-refractivity contribution >= 4 is 5.97 Å². The zero-order chi connectivity index (χ0) is 21.2. The number of aliphatic hydroxyl groups is 1. The number of allylic oxidation sites excluding steroid dienone is 3. The van der Waals surface area contributed by atoms with Gasteiger partial charge in [-0.2, -0.15) is 0 Å². The smallest absolute Gasteiger partial charge is 0.303 e. The lowest BCUT2D eigenvalue weighted by molar-refractivity contribution is -0.183. The zero-order valence-corrected chi connectivity index (χ0v) is 17.6. The first-order chi connectivity index (χ1) is 13.9. The van der Waals surface area contributed by atoms with Gasteiger partial charge in [-0.1, -0.05) is 43.9 Å². The lowest BCUT2D eigenvalue weighted by atomic mass is 9.87. The summed E-state index contributed by atoms with van der Waals surface area (Å²) in [6.45, 7) is 3.35. The minimum atomic E-state index is -1.19. The van der Waals surface area contributed by atoms with E-state index in [0.29, 0.717) is 26.1 Å². The van der Waals surface area contributed by atoms with E-state index >= 15 is 0 Å². The average Bonchev–Trinajstić information content (AvgIpc) is 3.31. The van der Waals surface area contributed by atoms with Gasteiger partial charge in [-0.25, -0.2) is 0 Å². The summed E-state index contributed by atoms with van der Waals surface area (Å²) in [7, 11) is 0. The quantitative estimate of drug-likeness (QED) is 0.285. The fourth-order valence-electron chi connectivity index (χ4n) is 4.36. The van der Waals surface area contributed by atoms with Crippen LogP contribution in [0.15, 0.2) is 24.3 Å². The molecule has 0 aromatic carbocycles. The first kappa shape index (κ1) is 23.7. The Morgan fingerprint density at radius 1 is 1.28 bits per heavy atom. The molecule has 5 heteroatoms. The summed E-state index contributed by atoms with van der Waals surface area (Å²) >= 11 is 0. The summed E-state index contributed by atoms with van der Waals surface area (Å²) in [5.74, 6) is 1.64. The standard InChI is InChI=1S/C24H36O5/c1-3-5-10-15-23(27,4-2)16-13-20-14-17-24(28-18-19-29-24)21(20)11-8-6-7-9-12-22(25)26/h2,6,8,13,16,20-21,27H,3,5,7,9-12,14-15,17-19H2,1H3,(H,25,26)/t20-,21+,23+/m1/s1. The number of carbonyl (C=O) groups is 1. The Bertz CT molecular complexity index is 611. The second kappa shape index (κ2) is 11.5. The predicted molar refractivity (Wildman–Crippen MR) is 113 cm³/mol. The molecule has 0 bridgehead atoms. The number of carboxylic acid groups (broad SMARTS) is 1. The largest absolute Gasteiger partial charge is 0.481 e. The molecule has 0 radical (unpaired) electrons. The van der Waals surface area contributed by atoms with E-state index in [2.05, 4.69) is 25.0 Å². The number of rotatable bonds is 12. The van der Waals surface area contributed by atoms with Crippen LogP contribution in [0.4, 0.5) is 0 Å². The number of terminal acetylenes is 1. The highest BCUT2D eigenvalue weighted by molar-refractivity contribution is 5.66. The van der Waals surface area contributed by atoms with Gasteiger partial charge in [0.25, 0.3) is 0 Å². The average molecular weight is 405 g/mol. The van der Waals surface area contributed by atoms with Gasteiger partial charge in [-0.15, -0.1) is 6.42 Å². The van der Waals surface area contributed by atoms with Crippen molar-refractivity contribution in [1.29, 1.82) is 0 Å². The Kier molecular flexibility index (Phi) is 9.42. The Hall–Kier alpha value is -1.61. The van der Waals surface area contributed by atoms with E-state index in [0.717, 1.165) is 44.9 Å². The summed E-state index contributed by atoms with van der Waals surface area (Å²) in [5.41, 5.74) is -1.19. The molecule has 1 aliphatic heterocycles. The van der Waals surface area contributed by atoms with Crippen LogP contribution >= 0.6 is 0 Å². The van der Waals surface area contributed by atoms with Gasteiger partial charge in [-0.3, -0.25) is 4.79 Å². The van der Waals surface area contributed by atoms with E-state index in [1.54, 1.807) is 6.08 Å². The first-order valence-electron chi connectivity index (χ1n) is 11.0. The number of hydrogen-bond donors (Lipinski definition) is 2. The van der Waals surface area contributed by atoms with Gasteiger partial charge in [0.1, 0.15) is 5.60 Å². The molecule has 2 aliphatic rings. The maximum absolute atomic E-state index is 10.7. The molecule has 1 aliphatic carbocycles. The van der Waals surface area contributed by atoms with Crippen LogP contribution < -0.4 is 0 Å². The van der Waals surface area contributed by atoms with Crippen LogP contribution in [-0.2, 0) is 14.3 Å². The van der Waals surface area contributed by atoms with E-state index in [1.807, 2.05) is 6.08 Å². The normalized spacial score (nSPS) is 25.7. The second-order valence-electron chi connectivity index (χ2n) is 8.20. The molecule has 2 fully saturated rings. The lowest BCUT2D eigenvalue weighted by Gasteiger charge is -2.31. The maximum Gasteiger partial charge on any atom is 0.303 e. The summed E-state index contributed by atoms with van der Waals surface area (Å²) < 4.78 is 12.0. The first-order valence-corrected chi connectivity index (χ1v) is 11.0. The van der Waals surface area contributed by atoms with Crippen molar-refractivity contribution in [2.24, 2.45) is 11.8 Å². The summed E-state index contributed by atoms with van der Waals surface area (Å²) in [4.78, 5) is 10.6. The van der Waals surface area contributed by atoms with Crippen molar-refractivity contribution < 1.29 is 24.5 Å². The lowest BCUT2D eigenvalue weighted by Crippen LogP contribution is -2.36. The Balaban J connectivity index is 2.00. The van der Waals surface area contributed by atoms with Gasteiger partial charge in [0, 0.05) is 18.8 Å². The molecule has 3 atom stereocenters. The molecule has 1 heterocycles. The Labute approximate surface area is 175 Å². The molecule has 1 saturated carbocycles. The fourth-order valence-corrected chi connectivity index (χ4v) is 4.36. The highest BCUT2D eigenvalue weighted by atomic mass is 16.7. The summed E-state index contributed by atoms with van der Waals surface area (Å²) in [6, 6.07) is 0. The van der Waals surface area contributed by atoms with Gasteiger partial charge in [0.15, 0.2) is 5.79 Å². The second-order valence-corrected chi connectivity index (χ2v) is 8.20. The molecule has 0 aromatic rings. The minimum Gasteiger partial charge on any atom is -0.481 e. The van der Waals surface area contributed by atoms with Crippen molar-refractivity contribution in [2.75, 3.05) is 13.2 Å². The van der Waals surface area contributed by atoms with E-state index in [-0.39, 0.29) is 18.3 Å². The number of aliphatic carboxylic acids is 1. The van der Waals surface area contributed by atoms with Crippen LogP contribution in [0.3, 0.4) is 0 Å². The number of unbranched alkanes of at least 4 members (excludes halogenated alkanes) is 3. The highest BCUT2D eigenvalue weighted by Crippen LogP contribution is 2.48. The van der Waals surface area contributed by atoms with E-state index in [1.165, 1.54) is 0 Å². The number of hydrogen-bond acceptors (Lipinski definition) is 4. The number of carboxylic acids is 1. The van der Waals surface area contributed by atoms with Crippen LogP contribution in [0.2, 0.25) is 0 Å². The minimum absolute atomic E-state index is 0.162.